The van der Waals surface area contributed by atoms with E-state index in [1.807, 2.05) is 0 Å². The topological polar surface area (TPSA) is 102 Å². The molecule has 154 valence electrons. The third-order valence-corrected chi connectivity index (χ3v) is 5.33. The van der Waals surface area contributed by atoms with Crippen LogP contribution in [-0.2, 0) is 29.1 Å². The van der Waals surface area contributed by atoms with Crippen molar-refractivity contribution in [3.8, 4) is 0 Å². The molecule has 1 aliphatic heterocycles. The molecule has 0 fully saturated rings. The summed E-state index contributed by atoms with van der Waals surface area (Å²) >= 11 is 0. The van der Waals surface area contributed by atoms with Crippen LogP contribution < -0.4 is 21.9 Å². The smallest absolute Gasteiger partial charge is 0.332 e. The molecule has 0 unspecified atom stereocenters. The summed E-state index contributed by atoms with van der Waals surface area (Å²) in [6, 6.07) is 6.34. The van der Waals surface area contributed by atoms with Crippen molar-refractivity contribution in [1.82, 2.24) is 14.5 Å². The maximum atomic E-state index is 14.1. The highest BCUT2D eigenvalue weighted by Gasteiger charge is 2.38. The number of benzene rings is 1. The number of amides is 2. The van der Waals surface area contributed by atoms with Gasteiger partial charge in [0, 0.05) is 32.5 Å². The van der Waals surface area contributed by atoms with Gasteiger partial charge in [0.1, 0.15) is 11.6 Å². The van der Waals surface area contributed by atoms with Gasteiger partial charge in [-0.1, -0.05) is 32.0 Å². The van der Waals surface area contributed by atoms with E-state index >= 15 is 0 Å². The molecule has 29 heavy (non-hydrogen) atoms. The Labute approximate surface area is 166 Å². The van der Waals surface area contributed by atoms with Gasteiger partial charge in [0.15, 0.2) is 0 Å². The molecule has 2 heterocycles. The largest absolute Gasteiger partial charge is 0.355 e. The number of anilines is 1. The lowest BCUT2D eigenvalue weighted by Crippen LogP contribution is -2.40. The van der Waals surface area contributed by atoms with Crippen LogP contribution in [0, 0.1) is 5.82 Å². The van der Waals surface area contributed by atoms with E-state index in [9.17, 15) is 23.6 Å². The molecule has 1 aromatic heterocycles. The van der Waals surface area contributed by atoms with E-state index in [4.69, 9.17) is 0 Å². The SMILES string of the molecule is Cn1c2c(c(=O)n(C)c1=O)[C@@H](CC(=O)NCC(C)(C)c1ccccc1F)C(=O)N2. The highest BCUT2D eigenvalue weighted by molar-refractivity contribution is 6.03. The van der Waals surface area contributed by atoms with Crippen molar-refractivity contribution in [1.29, 1.82) is 0 Å². The van der Waals surface area contributed by atoms with E-state index in [0.717, 1.165) is 4.57 Å². The molecule has 2 amide bonds. The minimum atomic E-state index is -0.993. The van der Waals surface area contributed by atoms with Crippen LogP contribution in [0.4, 0.5) is 10.2 Å². The Hall–Kier alpha value is -3.23. The molecule has 3 rings (SSSR count). The molecule has 8 nitrogen and oxygen atoms in total. The molecule has 1 atom stereocenters. The highest BCUT2D eigenvalue weighted by Crippen LogP contribution is 2.31. The summed E-state index contributed by atoms with van der Waals surface area (Å²) in [6.45, 7) is 3.75. The molecule has 0 spiro atoms. The summed E-state index contributed by atoms with van der Waals surface area (Å²) in [4.78, 5) is 49.4. The summed E-state index contributed by atoms with van der Waals surface area (Å²) in [5.41, 5.74) is -1.27. The number of fused-ring (bicyclic) bond motifs is 1. The average Bonchev–Trinajstić information content (AvgIpc) is 3.00. The van der Waals surface area contributed by atoms with E-state index < -0.39 is 34.4 Å². The monoisotopic (exact) mass is 402 g/mol. The standard InChI is InChI=1S/C20H23FN4O4/c1-20(2,12-7-5-6-8-13(12)21)10-22-14(26)9-11-15-16(23-17(11)27)24(3)19(29)25(4)18(15)28/h5-8,11H,9-10H2,1-4H3,(H,22,26)(H,23,27)/t11-/m1/s1. The van der Waals surface area contributed by atoms with E-state index in [2.05, 4.69) is 10.6 Å². The van der Waals surface area contributed by atoms with Gasteiger partial charge in [0.05, 0.1) is 11.5 Å². The molecule has 9 heteroatoms. The zero-order valence-electron chi connectivity index (χ0n) is 16.7. The number of aromatic nitrogens is 2. The van der Waals surface area contributed by atoms with Crippen LogP contribution in [0.5, 0.6) is 0 Å². The minimum absolute atomic E-state index is 0.100. The Morgan fingerprint density at radius 3 is 2.48 bits per heavy atom. The Balaban J connectivity index is 1.78. The third-order valence-electron chi connectivity index (χ3n) is 5.33. The molecule has 0 saturated carbocycles. The van der Waals surface area contributed by atoms with Crippen LogP contribution in [0.2, 0.25) is 0 Å². The first kappa shape index (κ1) is 20.5. The average molecular weight is 402 g/mol. The summed E-state index contributed by atoms with van der Waals surface area (Å²) in [6.07, 6.45) is -0.250. The first-order chi connectivity index (χ1) is 13.5. The molecular formula is C20H23FN4O4. The van der Waals surface area contributed by atoms with Crippen molar-refractivity contribution in [2.75, 3.05) is 11.9 Å². The Morgan fingerprint density at radius 2 is 1.83 bits per heavy atom. The quantitative estimate of drug-likeness (QED) is 0.770. The third kappa shape index (κ3) is 3.59. The summed E-state index contributed by atoms with van der Waals surface area (Å²) in [7, 11) is 2.77. The molecular weight excluding hydrogens is 379 g/mol. The van der Waals surface area contributed by atoms with E-state index in [1.54, 1.807) is 32.0 Å². The van der Waals surface area contributed by atoms with Crippen LogP contribution >= 0.6 is 0 Å². The minimum Gasteiger partial charge on any atom is -0.355 e. The van der Waals surface area contributed by atoms with Crippen molar-refractivity contribution in [3.63, 3.8) is 0 Å². The van der Waals surface area contributed by atoms with Crippen LogP contribution in [0.1, 0.15) is 37.3 Å². The Bertz CT molecular complexity index is 1120. The number of hydrogen-bond donors (Lipinski definition) is 2. The van der Waals surface area contributed by atoms with Gasteiger partial charge in [-0.15, -0.1) is 0 Å². The fourth-order valence-electron chi connectivity index (χ4n) is 3.55. The van der Waals surface area contributed by atoms with Crippen LogP contribution in [0.3, 0.4) is 0 Å². The van der Waals surface area contributed by atoms with Gasteiger partial charge in [-0.05, 0) is 11.6 Å². The zero-order valence-corrected chi connectivity index (χ0v) is 16.7. The van der Waals surface area contributed by atoms with Gasteiger partial charge in [0.2, 0.25) is 11.8 Å². The van der Waals surface area contributed by atoms with Crippen LogP contribution in [0.15, 0.2) is 33.9 Å². The molecule has 0 radical (unpaired) electrons. The van der Waals surface area contributed by atoms with Gasteiger partial charge in [-0.2, -0.15) is 0 Å². The molecule has 0 aliphatic carbocycles. The zero-order chi connectivity index (χ0) is 21.5. The first-order valence-electron chi connectivity index (χ1n) is 9.17. The molecule has 0 saturated heterocycles. The van der Waals surface area contributed by atoms with Gasteiger partial charge in [-0.25, -0.2) is 9.18 Å². The summed E-state index contributed by atoms with van der Waals surface area (Å²) in [5.74, 6) is -2.19. The lowest BCUT2D eigenvalue weighted by Gasteiger charge is -2.26. The number of halogens is 1. The Morgan fingerprint density at radius 1 is 1.17 bits per heavy atom. The van der Waals surface area contributed by atoms with Crippen molar-refractivity contribution < 1.29 is 14.0 Å². The van der Waals surface area contributed by atoms with Gasteiger partial charge < -0.3 is 10.6 Å². The first-order valence-corrected chi connectivity index (χ1v) is 9.17. The van der Waals surface area contributed by atoms with Crippen molar-refractivity contribution in [2.45, 2.75) is 31.6 Å². The number of nitrogens with one attached hydrogen (secondary N) is 2. The molecule has 2 aromatic rings. The lowest BCUT2D eigenvalue weighted by molar-refractivity contribution is -0.125. The van der Waals surface area contributed by atoms with E-state index in [1.165, 1.54) is 24.7 Å². The molecule has 2 N–H and O–H groups in total. The number of hydrogen-bond acceptors (Lipinski definition) is 4. The molecule has 1 aliphatic rings. The Kier molecular flexibility index (Phi) is 5.16. The number of rotatable bonds is 5. The lowest BCUT2D eigenvalue weighted by atomic mass is 9.84. The van der Waals surface area contributed by atoms with Gasteiger partial charge in [0.25, 0.3) is 5.56 Å². The summed E-state index contributed by atoms with van der Waals surface area (Å²) < 4.78 is 16.2. The van der Waals surface area contributed by atoms with Gasteiger partial charge >= 0.3 is 5.69 Å². The van der Waals surface area contributed by atoms with Gasteiger partial charge in [-0.3, -0.25) is 23.5 Å². The normalized spacial score (nSPS) is 15.8. The van der Waals surface area contributed by atoms with Crippen molar-refractivity contribution in [3.05, 3.63) is 62.0 Å². The molecule has 1 aromatic carbocycles. The predicted molar refractivity (Wildman–Crippen MR) is 105 cm³/mol. The second-order valence-electron chi connectivity index (χ2n) is 7.85. The maximum Gasteiger partial charge on any atom is 0.332 e. The molecule has 0 bridgehead atoms. The predicted octanol–water partition coefficient (Wildman–Crippen LogP) is 0.743. The van der Waals surface area contributed by atoms with E-state index in [0.29, 0.717) is 5.56 Å². The highest BCUT2D eigenvalue weighted by atomic mass is 19.1. The number of carbonyl (C=O) groups is 2. The van der Waals surface area contributed by atoms with Crippen LogP contribution in [0.25, 0.3) is 0 Å². The summed E-state index contributed by atoms with van der Waals surface area (Å²) in [5, 5.41) is 5.24. The number of nitrogens with zero attached hydrogens (tertiary/aromatic N) is 2. The second kappa shape index (κ2) is 7.31. The second-order valence-corrected chi connectivity index (χ2v) is 7.85. The van der Waals surface area contributed by atoms with Crippen molar-refractivity contribution >= 4 is 17.6 Å². The van der Waals surface area contributed by atoms with E-state index in [-0.39, 0.29) is 30.2 Å². The maximum absolute atomic E-state index is 14.1. The fraction of sp³-hybridized carbons (Fsp3) is 0.400. The van der Waals surface area contributed by atoms with Crippen LogP contribution in [-0.4, -0.2) is 27.5 Å². The fourth-order valence-corrected chi connectivity index (χ4v) is 3.55. The van der Waals surface area contributed by atoms with Crippen molar-refractivity contribution in [2.24, 2.45) is 14.1 Å². The number of carbonyl (C=O) groups excluding carboxylic acids is 2.